The average Bonchev–Trinajstić information content (AvgIpc) is 2.90. The molecule has 6 heteroatoms. The minimum Gasteiger partial charge on any atom is -0.469 e. The number of amides is 2. The molecule has 0 saturated carbocycles. The number of nitrogens with one attached hydrogen (secondary N) is 2. The Morgan fingerprint density at radius 3 is 2.58 bits per heavy atom. The SMILES string of the molecule is Cc1occc1C(=O)Nc1cccc(CNC(=O)OC(C)(C)C)c1. The van der Waals surface area contributed by atoms with Gasteiger partial charge in [0.1, 0.15) is 11.4 Å². The first-order valence-electron chi connectivity index (χ1n) is 7.66. The van der Waals surface area contributed by atoms with Gasteiger partial charge in [-0.15, -0.1) is 0 Å². The minimum absolute atomic E-state index is 0.237. The third-order valence-electron chi connectivity index (χ3n) is 3.12. The summed E-state index contributed by atoms with van der Waals surface area (Å²) in [6.07, 6.45) is 0.997. The van der Waals surface area contributed by atoms with Crippen LogP contribution in [0, 0.1) is 6.92 Å². The molecule has 0 saturated heterocycles. The maximum atomic E-state index is 12.2. The van der Waals surface area contributed by atoms with Gasteiger partial charge in [0.05, 0.1) is 11.8 Å². The number of alkyl carbamates (subject to hydrolysis) is 1. The van der Waals surface area contributed by atoms with Crippen LogP contribution in [0.15, 0.2) is 41.0 Å². The Hall–Kier alpha value is -2.76. The van der Waals surface area contributed by atoms with Gasteiger partial charge in [0.2, 0.25) is 0 Å². The van der Waals surface area contributed by atoms with Crippen LogP contribution in [-0.4, -0.2) is 17.6 Å². The molecule has 2 rings (SSSR count). The third kappa shape index (κ3) is 5.15. The summed E-state index contributed by atoms with van der Waals surface area (Å²) < 4.78 is 10.3. The Labute approximate surface area is 141 Å². The van der Waals surface area contributed by atoms with Crippen molar-refractivity contribution in [3.05, 3.63) is 53.5 Å². The Bertz CT molecular complexity index is 729. The molecule has 0 bridgehead atoms. The summed E-state index contributed by atoms with van der Waals surface area (Å²) in [7, 11) is 0. The van der Waals surface area contributed by atoms with Crippen molar-refractivity contribution < 1.29 is 18.7 Å². The number of carbonyl (C=O) groups excluding carboxylic acids is 2. The first-order chi connectivity index (χ1) is 11.2. The van der Waals surface area contributed by atoms with Crippen LogP contribution in [0.4, 0.5) is 10.5 Å². The van der Waals surface area contributed by atoms with Gasteiger partial charge in [-0.3, -0.25) is 4.79 Å². The quantitative estimate of drug-likeness (QED) is 0.892. The summed E-state index contributed by atoms with van der Waals surface area (Å²) in [4.78, 5) is 23.8. The highest BCUT2D eigenvalue weighted by molar-refractivity contribution is 6.04. The van der Waals surface area contributed by atoms with E-state index < -0.39 is 11.7 Å². The summed E-state index contributed by atoms with van der Waals surface area (Å²) in [5, 5.41) is 5.49. The van der Waals surface area contributed by atoms with E-state index in [-0.39, 0.29) is 5.91 Å². The Kier molecular flexibility index (Phi) is 5.28. The summed E-state index contributed by atoms with van der Waals surface area (Å²) >= 11 is 0. The maximum absolute atomic E-state index is 12.2. The number of furan rings is 1. The fourth-order valence-electron chi connectivity index (χ4n) is 2.07. The van der Waals surface area contributed by atoms with Crippen LogP contribution in [0.2, 0.25) is 0 Å². The lowest BCUT2D eigenvalue weighted by atomic mass is 10.2. The molecule has 0 aliphatic rings. The van der Waals surface area contributed by atoms with Gasteiger partial charge in [-0.2, -0.15) is 0 Å². The van der Waals surface area contributed by atoms with E-state index in [9.17, 15) is 9.59 Å². The van der Waals surface area contributed by atoms with Crippen molar-refractivity contribution in [2.75, 3.05) is 5.32 Å². The fourth-order valence-corrected chi connectivity index (χ4v) is 2.07. The normalized spacial score (nSPS) is 11.0. The number of ether oxygens (including phenoxy) is 1. The number of anilines is 1. The Balaban J connectivity index is 1.95. The van der Waals surface area contributed by atoms with Crippen molar-refractivity contribution in [2.45, 2.75) is 39.8 Å². The molecule has 24 heavy (non-hydrogen) atoms. The topological polar surface area (TPSA) is 80.6 Å². The summed E-state index contributed by atoms with van der Waals surface area (Å²) in [5.41, 5.74) is 1.45. The van der Waals surface area contributed by atoms with E-state index in [1.165, 1.54) is 6.26 Å². The molecule has 2 aromatic rings. The van der Waals surface area contributed by atoms with Crippen LogP contribution < -0.4 is 10.6 Å². The highest BCUT2D eigenvalue weighted by atomic mass is 16.6. The van der Waals surface area contributed by atoms with E-state index in [0.717, 1.165) is 5.56 Å². The summed E-state index contributed by atoms with van der Waals surface area (Å²) in [5.74, 6) is 0.328. The molecule has 0 aliphatic carbocycles. The van der Waals surface area contributed by atoms with E-state index in [1.807, 2.05) is 12.1 Å². The molecule has 0 unspecified atom stereocenters. The van der Waals surface area contributed by atoms with Gasteiger partial charge in [-0.1, -0.05) is 12.1 Å². The smallest absolute Gasteiger partial charge is 0.407 e. The standard InChI is InChI=1S/C18H22N2O4/c1-12-15(8-9-23-12)16(21)20-14-7-5-6-13(10-14)11-19-17(22)24-18(2,3)4/h5-10H,11H2,1-4H3,(H,19,22)(H,20,21). The van der Waals surface area contributed by atoms with Crippen LogP contribution in [0.3, 0.4) is 0 Å². The lowest BCUT2D eigenvalue weighted by molar-refractivity contribution is 0.0523. The van der Waals surface area contributed by atoms with Gasteiger partial charge in [-0.25, -0.2) is 4.79 Å². The lowest BCUT2D eigenvalue weighted by Crippen LogP contribution is -2.32. The van der Waals surface area contributed by atoms with Crippen molar-refractivity contribution in [2.24, 2.45) is 0 Å². The number of hydrogen-bond donors (Lipinski definition) is 2. The second-order valence-corrected chi connectivity index (χ2v) is 6.40. The summed E-state index contributed by atoms with van der Waals surface area (Å²) in [6, 6.07) is 8.87. The van der Waals surface area contributed by atoms with E-state index in [0.29, 0.717) is 23.6 Å². The second-order valence-electron chi connectivity index (χ2n) is 6.40. The molecule has 0 fully saturated rings. The molecule has 128 valence electrons. The van der Waals surface area contributed by atoms with Crippen LogP contribution in [0.25, 0.3) is 0 Å². The third-order valence-corrected chi connectivity index (χ3v) is 3.12. The number of aryl methyl sites for hydroxylation is 1. The molecule has 0 spiro atoms. The zero-order valence-corrected chi connectivity index (χ0v) is 14.3. The van der Waals surface area contributed by atoms with E-state index in [1.54, 1.807) is 45.9 Å². The zero-order chi connectivity index (χ0) is 17.7. The molecule has 0 radical (unpaired) electrons. The second kappa shape index (κ2) is 7.21. The average molecular weight is 330 g/mol. The molecule has 0 aliphatic heterocycles. The van der Waals surface area contributed by atoms with Gasteiger partial charge >= 0.3 is 6.09 Å². The van der Waals surface area contributed by atoms with Gasteiger partial charge in [0.25, 0.3) is 5.91 Å². The number of carbonyl (C=O) groups is 2. The van der Waals surface area contributed by atoms with Crippen LogP contribution in [0.5, 0.6) is 0 Å². The van der Waals surface area contributed by atoms with Crippen molar-refractivity contribution >= 4 is 17.7 Å². The lowest BCUT2D eigenvalue weighted by Gasteiger charge is -2.19. The Morgan fingerprint density at radius 1 is 1.21 bits per heavy atom. The molecule has 1 aromatic carbocycles. The van der Waals surface area contributed by atoms with Crippen molar-refractivity contribution in [3.8, 4) is 0 Å². The largest absolute Gasteiger partial charge is 0.469 e. The van der Waals surface area contributed by atoms with Gasteiger partial charge in [0.15, 0.2) is 0 Å². The predicted molar refractivity (Wildman–Crippen MR) is 90.9 cm³/mol. The number of rotatable bonds is 4. The molecule has 6 nitrogen and oxygen atoms in total. The zero-order valence-electron chi connectivity index (χ0n) is 14.3. The molecule has 2 amide bonds. The van der Waals surface area contributed by atoms with Crippen molar-refractivity contribution in [1.29, 1.82) is 0 Å². The minimum atomic E-state index is -0.539. The first-order valence-corrected chi connectivity index (χ1v) is 7.66. The van der Waals surface area contributed by atoms with Gasteiger partial charge < -0.3 is 19.8 Å². The molecular weight excluding hydrogens is 308 g/mol. The van der Waals surface area contributed by atoms with E-state index in [4.69, 9.17) is 9.15 Å². The number of benzene rings is 1. The highest BCUT2D eigenvalue weighted by Crippen LogP contribution is 2.15. The number of hydrogen-bond acceptors (Lipinski definition) is 4. The van der Waals surface area contributed by atoms with Crippen LogP contribution in [0.1, 0.15) is 42.5 Å². The maximum Gasteiger partial charge on any atom is 0.407 e. The summed E-state index contributed by atoms with van der Waals surface area (Å²) in [6.45, 7) is 7.46. The van der Waals surface area contributed by atoms with Crippen molar-refractivity contribution in [3.63, 3.8) is 0 Å². The van der Waals surface area contributed by atoms with Crippen LogP contribution >= 0.6 is 0 Å². The molecule has 1 aromatic heterocycles. The van der Waals surface area contributed by atoms with E-state index in [2.05, 4.69) is 10.6 Å². The molecule has 1 heterocycles. The fraction of sp³-hybridized carbons (Fsp3) is 0.333. The first kappa shape index (κ1) is 17.6. The molecule has 0 atom stereocenters. The van der Waals surface area contributed by atoms with Gasteiger partial charge in [0, 0.05) is 12.2 Å². The van der Waals surface area contributed by atoms with E-state index >= 15 is 0 Å². The molecular formula is C18H22N2O4. The van der Waals surface area contributed by atoms with Crippen LogP contribution in [-0.2, 0) is 11.3 Å². The molecule has 2 N–H and O–H groups in total. The Morgan fingerprint density at radius 2 is 1.96 bits per heavy atom. The van der Waals surface area contributed by atoms with Crippen molar-refractivity contribution in [1.82, 2.24) is 5.32 Å². The predicted octanol–water partition coefficient (Wildman–Crippen LogP) is 3.87. The highest BCUT2D eigenvalue weighted by Gasteiger charge is 2.16. The monoisotopic (exact) mass is 330 g/mol. The van der Waals surface area contributed by atoms with Gasteiger partial charge in [-0.05, 0) is 51.5 Å².